The number of alkyl halides is 2. The Morgan fingerprint density at radius 1 is 1.35 bits per heavy atom. The molecule has 1 N–H and O–H groups in total. The number of aromatic nitrogens is 1. The molecule has 6 heteroatoms. The molecule has 1 spiro atoms. The lowest BCUT2D eigenvalue weighted by atomic mass is 9.79. The van der Waals surface area contributed by atoms with Crippen LogP contribution in [0.2, 0.25) is 0 Å². The number of hydrogen-bond acceptors (Lipinski definition) is 4. The Bertz CT molecular complexity index is 446. The second-order valence-corrected chi connectivity index (χ2v) is 5.68. The van der Waals surface area contributed by atoms with E-state index in [4.69, 9.17) is 0 Å². The van der Waals surface area contributed by atoms with Crippen molar-refractivity contribution in [3.63, 3.8) is 0 Å². The molecule has 1 aromatic rings. The van der Waals surface area contributed by atoms with Crippen LogP contribution in [0.25, 0.3) is 0 Å². The van der Waals surface area contributed by atoms with Crippen LogP contribution in [0, 0.1) is 5.41 Å². The normalized spacial score (nSPS) is 26.4. The third-order valence-corrected chi connectivity index (χ3v) is 4.26. The van der Waals surface area contributed by atoms with Gasteiger partial charge in [-0.15, -0.1) is 0 Å². The predicted molar refractivity (Wildman–Crippen MR) is 72.2 cm³/mol. The minimum Gasteiger partial charge on any atom is -0.433 e. The Balaban J connectivity index is 1.69. The fourth-order valence-electron chi connectivity index (χ4n) is 3.28. The Morgan fingerprint density at radius 3 is 2.90 bits per heavy atom. The largest absolute Gasteiger partial charge is 0.433 e. The van der Waals surface area contributed by atoms with Gasteiger partial charge in [-0.25, -0.2) is 4.98 Å². The van der Waals surface area contributed by atoms with Gasteiger partial charge in [-0.05, 0) is 37.9 Å². The van der Waals surface area contributed by atoms with Gasteiger partial charge in [-0.3, -0.25) is 0 Å². The van der Waals surface area contributed by atoms with Crippen LogP contribution in [-0.4, -0.2) is 37.8 Å². The van der Waals surface area contributed by atoms with Gasteiger partial charge in [-0.2, -0.15) is 8.78 Å². The molecule has 2 aliphatic heterocycles. The number of pyridine rings is 1. The number of nitrogens with zero attached hydrogens (tertiary/aromatic N) is 2. The Kier molecular flexibility index (Phi) is 3.74. The first kappa shape index (κ1) is 13.5. The van der Waals surface area contributed by atoms with Crippen LogP contribution >= 0.6 is 0 Å². The summed E-state index contributed by atoms with van der Waals surface area (Å²) in [5, 5.41) is 3.44. The summed E-state index contributed by atoms with van der Waals surface area (Å²) in [7, 11) is 0. The average Bonchev–Trinajstić information content (AvgIpc) is 2.87. The molecule has 0 saturated carbocycles. The number of hydrogen-bond donors (Lipinski definition) is 1. The van der Waals surface area contributed by atoms with Gasteiger partial charge in [0, 0.05) is 25.0 Å². The van der Waals surface area contributed by atoms with Gasteiger partial charge >= 0.3 is 6.61 Å². The van der Waals surface area contributed by atoms with Crippen LogP contribution in [0.3, 0.4) is 0 Å². The van der Waals surface area contributed by atoms with Crippen LogP contribution in [0.1, 0.15) is 19.3 Å². The smallest absolute Gasteiger partial charge is 0.387 e. The minimum atomic E-state index is -2.80. The lowest BCUT2D eigenvalue weighted by molar-refractivity contribution is -0.0500. The first-order chi connectivity index (χ1) is 9.67. The maximum absolute atomic E-state index is 12.1. The van der Waals surface area contributed by atoms with Crippen molar-refractivity contribution in [2.45, 2.75) is 25.9 Å². The van der Waals surface area contributed by atoms with Crippen LogP contribution < -0.4 is 15.0 Å². The molecule has 0 amide bonds. The van der Waals surface area contributed by atoms with Crippen LogP contribution in [0.5, 0.6) is 5.75 Å². The summed E-state index contributed by atoms with van der Waals surface area (Å²) in [5.41, 5.74) is 0.359. The Hall–Kier alpha value is -1.43. The number of rotatable bonds is 3. The van der Waals surface area contributed by atoms with Gasteiger partial charge in [0.15, 0.2) is 0 Å². The van der Waals surface area contributed by atoms with Crippen molar-refractivity contribution in [3.8, 4) is 5.75 Å². The number of anilines is 1. The standard InChI is InChI=1S/C14H19F2N3O/c15-13(16)20-11-2-3-12(18-8-11)19-7-1-4-14(10-19)5-6-17-9-14/h2-3,8,13,17H,1,4-7,9-10H2. The zero-order chi connectivity index (χ0) is 14.0. The van der Waals surface area contributed by atoms with E-state index in [1.54, 1.807) is 12.1 Å². The molecule has 2 aliphatic rings. The van der Waals surface area contributed by atoms with Crippen molar-refractivity contribution in [3.05, 3.63) is 18.3 Å². The summed E-state index contributed by atoms with van der Waals surface area (Å²) in [4.78, 5) is 6.51. The molecule has 0 aromatic carbocycles. The fourth-order valence-corrected chi connectivity index (χ4v) is 3.28. The summed E-state index contributed by atoms with van der Waals surface area (Å²) < 4.78 is 28.5. The molecule has 110 valence electrons. The van der Waals surface area contributed by atoms with E-state index in [1.807, 2.05) is 0 Å². The van der Waals surface area contributed by atoms with E-state index in [9.17, 15) is 8.78 Å². The van der Waals surface area contributed by atoms with Crippen LogP contribution in [0.4, 0.5) is 14.6 Å². The summed E-state index contributed by atoms with van der Waals surface area (Å²) in [6.07, 6.45) is 4.98. The van der Waals surface area contributed by atoms with Crippen molar-refractivity contribution in [2.75, 3.05) is 31.1 Å². The first-order valence-electron chi connectivity index (χ1n) is 7.03. The molecule has 2 saturated heterocycles. The van der Waals surface area contributed by atoms with Crippen molar-refractivity contribution >= 4 is 5.82 Å². The maximum Gasteiger partial charge on any atom is 0.387 e. The summed E-state index contributed by atoms with van der Waals surface area (Å²) in [5.74, 6) is 0.954. The summed E-state index contributed by atoms with van der Waals surface area (Å²) in [6.45, 7) is 1.31. The molecule has 0 radical (unpaired) electrons. The van der Waals surface area contributed by atoms with Gasteiger partial charge in [0.1, 0.15) is 11.6 Å². The van der Waals surface area contributed by atoms with E-state index in [2.05, 4.69) is 19.9 Å². The van der Waals surface area contributed by atoms with Gasteiger partial charge < -0.3 is 15.0 Å². The lowest BCUT2D eigenvalue weighted by Crippen LogP contribution is -2.44. The van der Waals surface area contributed by atoms with Crippen molar-refractivity contribution in [1.82, 2.24) is 10.3 Å². The molecule has 2 fully saturated rings. The molecule has 3 heterocycles. The topological polar surface area (TPSA) is 37.4 Å². The second kappa shape index (κ2) is 5.52. The van der Waals surface area contributed by atoms with Crippen LogP contribution in [-0.2, 0) is 0 Å². The number of nitrogens with one attached hydrogen (secondary N) is 1. The molecule has 4 nitrogen and oxygen atoms in total. The number of ether oxygens (including phenoxy) is 1. The SMILES string of the molecule is FC(F)Oc1ccc(N2CCCC3(CCNC3)C2)nc1. The van der Waals surface area contributed by atoms with Gasteiger partial charge in [0.25, 0.3) is 0 Å². The Morgan fingerprint density at radius 2 is 2.25 bits per heavy atom. The minimum absolute atomic E-state index is 0.109. The molecule has 1 aromatic heterocycles. The highest BCUT2D eigenvalue weighted by atomic mass is 19.3. The van der Waals surface area contributed by atoms with Crippen molar-refractivity contribution in [1.29, 1.82) is 0 Å². The van der Waals surface area contributed by atoms with E-state index >= 15 is 0 Å². The highest BCUT2D eigenvalue weighted by molar-refractivity contribution is 5.42. The second-order valence-electron chi connectivity index (χ2n) is 5.68. The molecule has 0 aliphatic carbocycles. The molecule has 20 heavy (non-hydrogen) atoms. The van der Waals surface area contributed by atoms with E-state index in [0.717, 1.165) is 38.4 Å². The highest BCUT2D eigenvalue weighted by Gasteiger charge is 2.38. The molecule has 0 bridgehead atoms. The quantitative estimate of drug-likeness (QED) is 0.923. The molecule has 1 unspecified atom stereocenters. The van der Waals surface area contributed by atoms with Gasteiger partial charge in [-0.1, -0.05) is 0 Å². The third-order valence-electron chi connectivity index (χ3n) is 4.26. The fraction of sp³-hybridized carbons (Fsp3) is 0.643. The summed E-state index contributed by atoms with van der Waals surface area (Å²) >= 11 is 0. The lowest BCUT2D eigenvalue weighted by Gasteiger charge is -2.40. The monoisotopic (exact) mass is 283 g/mol. The van der Waals surface area contributed by atoms with Crippen molar-refractivity contribution < 1.29 is 13.5 Å². The zero-order valence-electron chi connectivity index (χ0n) is 11.3. The van der Waals surface area contributed by atoms with E-state index in [1.165, 1.54) is 19.0 Å². The van der Waals surface area contributed by atoms with Gasteiger partial charge in [0.2, 0.25) is 0 Å². The van der Waals surface area contributed by atoms with E-state index in [0.29, 0.717) is 5.41 Å². The van der Waals surface area contributed by atoms with Gasteiger partial charge in [0.05, 0.1) is 6.20 Å². The summed E-state index contributed by atoms with van der Waals surface area (Å²) in [6, 6.07) is 3.32. The highest BCUT2D eigenvalue weighted by Crippen LogP contribution is 2.36. The third kappa shape index (κ3) is 2.85. The number of halogens is 2. The Labute approximate surface area is 117 Å². The zero-order valence-corrected chi connectivity index (χ0v) is 11.3. The first-order valence-corrected chi connectivity index (χ1v) is 7.03. The molecular weight excluding hydrogens is 264 g/mol. The average molecular weight is 283 g/mol. The molecular formula is C14H19F2N3O. The predicted octanol–water partition coefficient (Wildman–Crippen LogP) is 2.26. The number of piperidine rings is 1. The van der Waals surface area contributed by atoms with E-state index < -0.39 is 6.61 Å². The van der Waals surface area contributed by atoms with E-state index in [-0.39, 0.29) is 5.75 Å². The van der Waals surface area contributed by atoms with Crippen LogP contribution in [0.15, 0.2) is 18.3 Å². The van der Waals surface area contributed by atoms with Crippen molar-refractivity contribution in [2.24, 2.45) is 5.41 Å². The molecule has 1 atom stereocenters. The maximum atomic E-state index is 12.1. The molecule has 3 rings (SSSR count).